The van der Waals surface area contributed by atoms with E-state index < -0.39 is 22.9 Å². The molecule has 3 atom stereocenters. The summed E-state index contributed by atoms with van der Waals surface area (Å²) >= 11 is 0. The summed E-state index contributed by atoms with van der Waals surface area (Å²) in [6, 6.07) is 1.77. The van der Waals surface area contributed by atoms with Gasteiger partial charge in [0.1, 0.15) is 5.41 Å². The molecule has 0 aromatic carbocycles. The third-order valence-electron chi connectivity index (χ3n) is 7.28. The van der Waals surface area contributed by atoms with Crippen molar-refractivity contribution in [2.75, 3.05) is 51.3 Å². The van der Waals surface area contributed by atoms with Crippen molar-refractivity contribution in [3.63, 3.8) is 0 Å². The minimum Gasteiger partial charge on any atom is -0.374 e. The molecule has 2 saturated heterocycles. The maximum absolute atomic E-state index is 14.3. The van der Waals surface area contributed by atoms with Gasteiger partial charge in [-0.25, -0.2) is 4.98 Å². The Morgan fingerprint density at radius 1 is 1.34 bits per heavy atom. The van der Waals surface area contributed by atoms with Crippen LogP contribution < -0.4 is 10.2 Å². The van der Waals surface area contributed by atoms with Crippen molar-refractivity contribution < 1.29 is 22.7 Å². The Hall–Kier alpha value is -2.40. The zero-order valence-corrected chi connectivity index (χ0v) is 18.4. The number of piperidine rings is 1. The number of carbonyl (C=O) groups excluding carboxylic acids is 1. The van der Waals surface area contributed by atoms with Crippen LogP contribution >= 0.6 is 0 Å². The van der Waals surface area contributed by atoms with Crippen LogP contribution in [0.4, 0.5) is 18.9 Å². The number of halogens is 3. The lowest BCUT2D eigenvalue weighted by Gasteiger charge is -2.30. The molecule has 11 heteroatoms. The van der Waals surface area contributed by atoms with Gasteiger partial charge in [-0.05, 0) is 26.5 Å². The van der Waals surface area contributed by atoms with Gasteiger partial charge in [0, 0.05) is 45.5 Å². The molecule has 32 heavy (non-hydrogen) atoms. The molecule has 0 bridgehead atoms. The third kappa shape index (κ3) is 3.08. The van der Waals surface area contributed by atoms with E-state index in [4.69, 9.17) is 4.74 Å². The molecule has 5 rings (SSSR count). The first-order valence-corrected chi connectivity index (χ1v) is 10.8. The molecule has 1 amide bonds. The first-order chi connectivity index (χ1) is 15.1. The fraction of sp³-hybridized carbons (Fsp3) is 0.667. The average Bonchev–Trinajstić information content (AvgIpc) is 3.05. The van der Waals surface area contributed by atoms with E-state index in [0.717, 1.165) is 6.54 Å². The van der Waals surface area contributed by atoms with Gasteiger partial charge in [0.25, 0.3) is 0 Å². The summed E-state index contributed by atoms with van der Waals surface area (Å²) in [6.45, 7) is 3.76. The Kier molecular flexibility index (Phi) is 4.72. The van der Waals surface area contributed by atoms with Gasteiger partial charge in [-0.3, -0.25) is 9.48 Å². The third-order valence-corrected chi connectivity index (χ3v) is 7.28. The Morgan fingerprint density at radius 2 is 2.12 bits per heavy atom. The number of hydrogen-bond donors (Lipinski definition) is 1. The lowest BCUT2D eigenvalue weighted by molar-refractivity contribution is -0.191. The highest BCUT2D eigenvalue weighted by molar-refractivity contribution is 5.93. The molecule has 1 saturated carbocycles. The van der Waals surface area contributed by atoms with Crippen LogP contribution in [0, 0.1) is 17.8 Å². The zero-order valence-electron chi connectivity index (χ0n) is 18.4. The standard InChI is InChI=1S/C21H27F3N6O2/c1-13-6-16(15-8-26-29(3)17(15)27-13)30-11-19(10-20(19,12-30)21(22,23)24)18(31)25-7-14-9-28(2)4-5-32-14/h6,8,14H,4-5,7,9-12H2,1-3H3,(H,25,31)/t14-,19?,20?/m0/s1. The molecular formula is C21H27F3N6O2. The molecule has 2 aliphatic heterocycles. The number of morpholine rings is 1. The summed E-state index contributed by atoms with van der Waals surface area (Å²) in [7, 11) is 3.70. The number of pyridine rings is 1. The fourth-order valence-corrected chi connectivity index (χ4v) is 5.44. The van der Waals surface area contributed by atoms with Crippen LogP contribution in [-0.4, -0.2) is 84.2 Å². The minimum atomic E-state index is -4.48. The summed E-state index contributed by atoms with van der Waals surface area (Å²) in [6.07, 6.45) is -3.26. The number of likely N-dealkylation sites (N-methyl/N-ethyl adjacent to an activating group) is 1. The van der Waals surface area contributed by atoms with Crippen LogP contribution in [-0.2, 0) is 16.6 Å². The number of amides is 1. The molecule has 1 N–H and O–H groups in total. The number of nitrogens with one attached hydrogen (secondary N) is 1. The van der Waals surface area contributed by atoms with Crippen molar-refractivity contribution in [2.24, 2.45) is 17.9 Å². The van der Waals surface area contributed by atoms with E-state index in [2.05, 4.69) is 20.3 Å². The van der Waals surface area contributed by atoms with Crippen molar-refractivity contribution in [1.29, 1.82) is 0 Å². The molecule has 8 nitrogen and oxygen atoms in total. The monoisotopic (exact) mass is 452 g/mol. The maximum Gasteiger partial charge on any atom is 0.397 e. The second-order valence-corrected chi connectivity index (χ2v) is 9.45. The van der Waals surface area contributed by atoms with Gasteiger partial charge >= 0.3 is 6.18 Å². The second kappa shape index (κ2) is 7.05. The topological polar surface area (TPSA) is 75.5 Å². The number of fused-ring (bicyclic) bond motifs is 2. The quantitative estimate of drug-likeness (QED) is 0.758. The predicted molar refractivity (Wildman–Crippen MR) is 111 cm³/mol. The minimum absolute atomic E-state index is 0.0111. The van der Waals surface area contributed by atoms with E-state index in [9.17, 15) is 18.0 Å². The van der Waals surface area contributed by atoms with Crippen LogP contribution in [0.15, 0.2) is 12.3 Å². The summed E-state index contributed by atoms with van der Waals surface area (Å²) in [5, 5.41) is 7.67. The number of carbonyl (C=O) groups is 1. The van der Waals surface area contributed by atoms with E-state index in [0.29, 0.717) is 35.6 Å². The largest absolute Gasteiger partial charge is 0.397 e. The number of ether oxygens (including phenoxy) is 1. The Bertz CT molecular complexity index is 1070. The molecule has 4 heterocycles. The molecule has 2 unspecified atom stereocenters. The van der Waals surface area contributed by atoms with Crippen molar-refractivity contribution >= 4 is 22.6 Å². The summed E-state index contributed by atoms with van der Waals surface area (Å²) < 4.78 is 50.0. The van der Waals surface area contributed by atoms with Gasteiger partial charge in [-0.1, -0.05) is 0 Å². The van der Waals surface area contributed by atoms with Crippen molar-refractivity contribution in [3.05, 3.63) is 18.0 Å². The van der Waals surface area contributed by atoms with E-state index in [1.54, 1.807) is 35.8 Å². The van der Waals surface area contributed by atoms with E-state index >= 15 is 0 Å². The molecule has 2 aromatic heterocycles. The number of nitrogens with zero attached hydrogens (tertiary/aromatic N) is 5. The van der Waals surface area contributed by atoms with Gasteiger partial charge in [-0.15, -0.1) is 0 Å². The van der Waals surface area contributed by atoms with Crippen molar-refractivity contribution in [2.45, 2.75) is 25.6 Å². The molecule has 2 aromatic rings. The summed E-state index contributed by atoms with van der Waals surface area (Å²) in [5.41, 5.74) is -1.59. The highest BCUT2D eigenvalue weighted by Crippen LogP contribution is 2.75. The Morgan fingerprint density at radius 3 is 2.84 bits per heavy atom. The van der Waals surface area contributed by atoms with E-state index in [-0.39, 0.29) is 32.2 Å². The fourth-order valence-electron chi connectivity index (χ4n) is 5.44. The number of aromatic nitrogens is 3. The molecular weight excluding hydrogens is 425 g/mol. The van der Waals surface area contributed by atoms with Crippen LogP contribution in [0.3, 0.4) is 0 Å². The van der Waals surface area contributed by atoms with Crippen LogP contribution in [0.25, 0.3) is 11.0 Å². The lowest BCUT2D eigenvalue weighted by atomic mass is 9.94. The van der Waals surface area contributed by atoms with Crippen LogP contribution in [0.5, 0.6) is 0 Å². The number of aryl methyl sites for hydroxylation is 2. The van der Waals surface area contributed by atoms with E-state index in [1.807, 2.05) is 7.05 Å². The molecule has 1 aliphatic carbocycles. The average molecular weight is 452 g/mol. The normalized spacial score (nSPS) is 30.6. The first-order valence-electron chi connectivity index (χ1n) is 10.8. The smallest absolute Gasteiger partial charge is 0.374 e. The first kappa shape index (κ1) is 21.4. The van der Waals surface area contributed by atoms with Crippen LogP contribution in [0.1, 0.15) is 12.1 Å². The Balaban J connectivity index is 1.41. The molecule has 174 valence electrons. The van der Waals surface area contributed by atoms with Crippen LogP contribution in [0.2, 0.25) is 0 Å². The number of hydrogen-bond acceptors (Lipinski definition) is 6. The number of rotatable bonds is 4. The van der Waals surface area contributed by atoms with Gasteiger partial charge in [0.15, 0.2) is 5.65 Å². The molecule has 3 fully saturated rings. The zero-order chi connectivity index (χ0) is 22.9. The second-order valence-electron chi connectivity index (χ2n) is 9.45. The molecule has 3 aliphatic rings. The van der Waals surface area contributed by atoms with Crippen molar-refractivity contribution in [1.82, 2.24) is 25.0 Å². The number of alkyl halides is 3. The van der Waals surface area contributed by atoms with E-state index in [1.165, 1.54) is 0 Å². The van der Waals surface area contributed by atoms with Gasteiger partial charge in [-0.2, -0.15) is 18.3 Å². The maximum atomic E-state index is 14.3. The summed E-state index contributed by atoms with van der Waals surface area (Å²) in [4.78, 5) is 21.4. The van der Waals surface area contributed by atoms with Gasteiger partial charge in [0.2, 0.25) is 5.91 Å². The molecule has 0 radical (unpaired) electrons. The highest BCUT2D eigenvalue weighted by Gasteiger charge is 2.86. The SMILES string of the molecule is Cc1cc(N2CC3(C(=O)NC[C@H]4CN(C)CCO4)CC3(C(F)(F)F)C2)c2cnn(C)c2n1. The lowest BCUT2D eigenvalue weighted by Crippen LogP contribution is -2.48. The highest BCUT2D eigenvalue weighted by atomic mass is 19.4. The van der Waals surface area contributed by atoms with Gasteiger partial charge < -0.3 is 19.9 Å². The number of anilines is 1. The Labute approximate surface area is 183 Å². The van der Waals surface area contributed by atoms with Gasteiger partial charge in [0.05, 0.1) is 35.4 Å². The predicted octanol–water partition coefficient (Wildman–Crippen LogP) is 1.48. The summed E-state index contributed by atoms with van der Waals surface area (Å²) in [5.74, 6) is -0.539. The van der Waals surface area contributed by atoms with Crippen molar-refractivity contribution in [3.8, 4) is 0 Å². The molecule has 0 spiro atoms.